The van der Waals surface area contributed by atoms with Crippen molar-refractivity contribution in [3.63, 3.8) is 0 Å². The average molecular weight is 393 g/mol. The van der Waals surface area contributed by atoms with Crippen molar-refractivity contribution < 1.29 is 21.6 Å². The molecular weight excluding hydrogens is 376 g/mol. The van der Waals surface area contributed by atoms with Crippen LogP contribution in [0.4, 0.5) is 13.2 Å². The van der Waals surface area contributed by atoms with Gasteiger partial charge in [0.15, 0.2) is 0 Å². The van der Waals surface area contributed by atoms with Gasteiger partial charge >= 0.3 is 6.18 Å². The van der Waals surface area contributed by atoms with Crippen LogP contribution >= 0.6 is 24.0 Å². The summed E-state index contributed by atoms with van der Waals surface area (Å²) < 4.78 is 65.8. The molecular formula is C13H17Cl2F3N2O2S. The van der Waals surface area contributed by atoms with E-state index in [4.69, 9.17) is 17.3 Å². The Morgan fingerprint density at radius 2 is 1.96 bits per heavy atom. The van der Waals surface area contributed by atoms with E-state index < -0.39 is 32.7 Å². The molecule has 1 aliphatic rings. The van der Waals surface area contributed by atoms with E-state index in [0.29, 0.717) is 18.9 Å². The lowest BCUT2D eigenvalue weighted by Gasteiger charge is -2.34. The minimum Gasteiger partial charge on any atom is -0.329 e. The van der Waals surface area contributed by atoms with E-state index in [2.05, 4.69) is 0 Å². The highest BCUT2D eigenvalue weighted by molar-refractivity contribution is 7.89. The number of rotatable bonds is 3. The molecule has 0 aromatic heterocycles. The molecule has 0 bridgehead atoms. The van der Waals surface area contributed by atoms with Gasteiger partial charge < -0.3 is 5.73 Å². The fraction of sp³-hybridized carbons (Fsp3) is 0.538. The summed E-state index contributed by atoms with van der Waals surface area (Å²) in [5.74, 6) is 0. The number of hydrogen-bond donors (Lipinski definition) is 1. The molecule has 0 amide bonds. The Hall–Kier alpha value is -0.540. The Kier molecular flexibility index (Phi) is 6.74. The number of benzene rings is 1. The van der Waals surface area contributed by atoms with Gasteiger partial charge in [-0.05, 0) is 31.0 Å². The number of alkyl halides is 3. The van der Waals surface area contributed by atoms with Crippen LogP contribution in [0.15, 0.2) is 23.1 Å². The molecule has 1 heterocycles. The van der Waals surface area contributed by atoms with Crippen LogP contribution in [0.1, 0.15) is 24.8 Å². The van der Waals surface area contributed by atoms with Crippen LogP contribution in [0.5, 0.6) is 0 Å². The van der Waals surface area contributed by atoms with Gasteiger partial charge in [-0.2, -0.15) is 17.5 Å². The topological polar surface area (TPSA) is 63.4 Å². The van der Waals surface area contributed by atoms with Crippen LogP contribution < -0.4 is 5.73 Å². The highest BCUT2D eigenvalue weighted by Gasteiger charge is 2.41. The van der Waals surface area contributed by atoms with Crippen molar-refractivity contribution in [3.8, 4) is 0 Å². The Morgan fingerprint density at radius 3 is 2.52 bits per heavy atom. The number of sulfonamides is 1. The molecule has 4 nitrogen and oxygen atoms in total. The van der Waals surface area contributed by atoms with E-state index in [9.17, 15) is 21.6 Å². The minimum absolute atomic E-state index is 0. The summed E-state index contributed by atoms with van der Waals surface area (Å²) in [4.78, 5) is -0.773. The predicted molar refractivity (Wildman–Crippen MR) is 84.3 cm³/mol. The van der Waals surface area contributed by atoms with Gasteiger partial charge in [0.25, 0.3) is 0 Å². The largest absolute Gasteiger partial charge is 0.417 e. The molecule has 1 unspecified atom stereocenters. The molecule has 23 heavy (non-hydrogen) atoms. The first-order valence-corrected chi connectivity index (χ1v) is 8.58. The molecule has 1 aliphatic heterocycles. The Labute approximate surface area is 144 Å². The highest BCUT2D eigenvalue weighted by atomic mass is 35.5. The summed E-state index contributed by atoms with van der Waals surface area (Å²) in [7, 11) is -4.28. The van der Waals surface area contributed by atoms with E-state index in [1.54, 1.807) is 0 Å². The summed E-state index contributed by atoms with van der Waals surface area (Å²) in [5.41, 5.74) is 4.32. The molecule has 0 aliphatic carbocycles. The first-order chi connectivity index (χ1) is 10.2. The van der Waals surface area contributed by atoms with Crippen molar-refractivity contribution in [3.05, 3.63) is 28.8 Å². The second-order valence-corrected chi connectivity index (χ2v) is 7.43. The van der Waals surface area contributed by atoms with Gasteiger partial charge in [0, 0.05) is 24.2 Å². The quantitative estimate of drug-likeness (QED) is 0.858. The first kappa shape index (κ1) is 20.5. The number of nitrogens with zero attached hydrogens (tertiary/aromatic N) is 1. The van der Waals surface area contributed by atoms with Crippen LogP contribution in [-0.2, 0) is 16.2 Å². The summed E-state index contributed by atoms with van der Waals surface area (Å²) in [6, 6.07) is 2.21. The lowest BCUT2D eigenvalue weighted by atomic mass is 10.1. The number of halogens is 5. The Bertz CT molecular complexity index is 653. The standard InChI is InChI=1S/C13H16ClF3N2O2S.ClH/c14-9-4-5-12(11(7-9)13(15,16)17)22(20,21)19-6-2-1-3-10(19)8-18;/h4-5,7,10H,1-3,6,8,18H2;1H. The van der Waals surface area contributed by atoms with Crippen molar-refractivity contribution in [1.29, 1.82) is 0 Å². The van der Waals surface area contributed by atoms with E-state index >= 15 is 0 Å². The van der Waals surface area contributed by atoms with Crippen LogP contribution in [0, 0.1) is 0 Å². The summed E-state index contributed by atoms with van der Waals surface area (Å²) in [6.45, 7) is 0.248. The lowest BCUT2D eigenvalue weighted by Crippen LogP contribution is -2.47. The third kappa shape index (κ3) is 4.30. The normalized spacial score (nSPS) is 20.1. The number of nitrogens with two attached hydrogens (primary N) is 1. The maximum atomic E-state index is 13.1. The number of hydrogen-bond acceptors (Lipinski definition) is 3. The third-order valence-corrected chi connectivity index (χ3v) is 5.92. The first-order valence-electron chi connectivity index (χ1n) is 6.76. The smallest absolute Gasteiger partial charge is 0.329 e. The molecule has 1 saturated heterocycles. The fourth-order valence-corrected chi connectivity index (χ4v) is 4.67. The highest BCUT2D eigenvalue weighted by Crippen LogP contribution is 2.38. The van der Waals surface area contributed by atoms with Crippen molar-refractivity contribution in [2.24, 2.45) is 5.73 Å². The lowest BCUT2D eigenvalue weighted by molar-refractivity contribution is -0.139. The zero-order valence-corrected chi connectivity index (χ0v) is 14.4. The summed E-state index contributed by atoms with van der Waals surface area (Å²) in [5, 5.41) is -0.166. The third-order valence-electron chi connectivity index (χ3n) is 3.68. The van der Waals surface area contributed by atoms with Gasteiger partial charge in [-0.1, -0.05) is 18.0 Å². The van der Waals surface area contributed by atoms with Crippen LogP contribution in [0.25, 0.3) is 0 Å². The van der Waals surface area contributed by atoms with E-state index in [1.165, 1.54) is 0 Å². The van der Waals surface area contributed by atoms with Gasteiger partial charge in [-0.3, -0.25) is 0 Å². The van der Waals surface area contributed by atoms with Gasteiger partial charge in [-0.25, -0.2) is 8.42 Å². The van der Waals surface area contributed by atoms with Gasteiger partial charge in [0.1, 0.15) is 0 Å². The molecule has 10 heteroatoms. The minimum atomic E-state index is -4.80. The molecule has 0 spiro atoms. The van der Waals surface area contributed by atoms with E-state index in [0.717, 1.165) is 22.9 Å². The zero-order chi connectivity index (χ0) is 16.5. The molecule has 2 rings (SSSR count). The van der Waals surface area contributed by atoms with Gasteiger partial charge in [0.2, 0.25) is 10.0 Å². The van der Waals surface area contributed by atoms with Gasteiger partial charge in [-0.15, -0.1) is 12.4 Å². The molecule has 2 N–H and O–H groups in total. The van der Waals surface area contributed by atoms with E-state index in [1.807, 2.05) is 0 Å². The fourth-order valence-electron chi connectivity index (χ4n) is 2.60. The molecule has 1 atom stereocenters. The molecule has 1 fully saturated rings. The van der Waals surface area contributed by atoms with E-state index in [-0.39, 0.29) is 30.5 Å². The molecule has 1 aromatic carbocycles. The van der Waals surface area contributed by atoms with Gasteiger partial charge in [0.05, 0.1) is 10.5 Å². The second kappa shape index (κ2) is 7.57. The maximum Gasteiger partial charge on any atom is 0.417 e. The van der Waals surface area contributed by atoms with Crippen molar-refractivity contribution in [2.45, 2.75) is 36.4 Å². The second-order valence-electron chi connectivity index (χ2n) is 5.14. The average Bonchev–Trinajstić information content (AvgIpc) is 2.46. The Balaban J connectivity index is 0.00000264. The van der Waals surface area contributed by atoms with Crippen LogP contribution in [-0.4, -0.2) is 31.9 Å². The maximum absolute atomic E-state index is 13.1. The van der Waals surface area contributed by atoms with Crippen molar-refractivity contribution in [2.75, 3.05) is 13.1 Å². The number of piperidine rings is 1. The Morgan fingerprint density at radius 1 is 1.30 bits per heavy atom. The summed E-state index contributed by atoms with van der Waals surface area (Å²) >= 11 is 5.59. The SMILES string of the molecule is Cl.NCC1CCCCN1S(=O)(=O)c1ccc(Cl)cc1C(F)(F)F. The van der Waals surface area contributed by atoms with Crippen molar-refractivity contribution >= 4 is 34.0 Å². The van der Waals surface area contributed by atoms with Crippen molar-refractivity contribution in [1.82, 2.24) is 4.31 Å². The van der Waals surface area contributed by atoms with Crippen LogP contribution in [0.3, 0.4) is 0 Å². The molecule has 0 saturated carbocycles. The van der Waals surface area contributed by atoms with Crippen LogP contribution in [0.2, 0.25) is 5.02 Å². The molecule has 0 radical (unpaired) electrons. The monoisotopic (exact) mass is 392 g/mol. The predicted octanol–water partition coefficient (Wildman–Crippen LogP) is 3.28. The zero-order valence-electron chi connectivity index (χ0n) is 12.0. The molecule has 1 aromatic rings. The summed E-state index contributed by atoms with van der Waals surface area (Å²) in [6.07, 6.45) is -2.85. The molecule has 132 valence electrons.